The summed E-state index contributed by atoms with van der Waals surface area (Å²) < 4.78 is 11.5. The molecule has 1 aromatic heterocycles. The van der Waals surface area contributed by atoms with Crippen LogP contribution in [0.25, 0.3) is 16.3 Å². The Bertz CT molecular complexity index is 1560. The number of allylic oxidation sites excluding steroid dienone is 2. The molecule has 1 aliphatic heterocycles. The van der Waals surface area contributed by atoms with E-state index in [1.807, 2.05) is 11.3 Å². The third kappa shape index (κ3) is 20.1. The zero-order valence-corrected chi connectivity index (χ0v) is 40.4. The minimum absolute atomic E-state index is 0.824. The number of anilines is 1. The first-order valence-electron chi connectivity index (χ1n) is 24.8. The highest BCUT2D eigenvalue weighted by Gasteiger charge is 2.20. The number of ether oxygens (including phenoxy) is 1. The third-order valence-electron chi connectivity index (χ3n) is 12.3. The van der Waals surface area contributed by atoms with Gasteiger partial charge in [-0.2, -0.15) is 4.57 Å². The van der Waals surface area contributed by atoms with Gasteiger partial charge >= 0.3 is 0 Å². The summed E-state index contributed by atoms with van der Waals surface area (Å²) in [5.41, 5.74) is 3.91. The topological polar surface area (TPSA) is 25.1 Å². The van der Waals surface area contributed by atoms with Crippen LogP contribution in [0.2, 0.25) is 0 Å². The number of aromatic nitrogens is 1. The number of fused-ring (bicyclic) bond motifs is 2. The Morgan fingerprint density at radius 3 is 1.59 bits per heavy atom. The van der Waals surface area contributed by atoms with Crippen molar-refractivity contribution >= 4 is 55.9 Å². The smallest absolute Gasteiger partial charge is 0.262 e. The quantitative estimate of drug-likeness (QED) is 0.0357. The summed E-state index contributed by atoms with van der Waals surface area (Å²) in [6.07, 6.45) is 52.7. The molecule has 0 unspecified atom stereocenters. The molecule has 2 aromatic carbocycles. The first-order chi connectivity index (χ1) is 28.7. The molecule has 0 saturated heterocycles. The summed E-state index contributed by atoms with van der Waals surface area (Å²) >= 11 is 4.34. The zero-order valence-electron chi connectivity index (χ0n) is 37.4. The van der Waals surface area contributed by atoms with E-state index in [-0.39, 0.29) is 0 Å². The molecule has 1 aliphatic rings. The molecule has 0 atom stereocenters. The number of benzene rings is 2. The fourth-order valence-corrected chi connectivity index (χ4v) is 10.5. The molecule has 0 saturated carbocycles. The molecular formula is C53H84IN2OS+. The summed E-state index contributed by atoms with van der Waals surface area (Å²) in [5.74, 6) is 1.79. The number of nitrogens with one attached hydrogen (secondary N) is 1. The average molecular weight is 924 g/mol. The van der Waals surface area contributed by atoms with Gasteiger partial charge in [0, 0.05) is 22.1 Å². The highest BCUT2D eigenvalue weighted by atomic mass is 127. The van der Waals surface area contributed by atoms with Crippen molar-refractivity contribution in [1.29, 1.82) is 0 Å². The lowest BCUT2D eigenvalue weighted by molar-refractivity contribution is -0.669. The molecule has 4 rings (SSSR count). The number of halogens is 1. The Labute approximate surface area is 374 Å². The van der Waals surface area contributed by atoms with Crippen molar-refractivity contribution in [1.82, 2.24) is 0 Å². The lowest BCUT2D eigenvalue weighted by Crippen LogP contribution is -2.35. The summed E-state index contributed by atoms with van der Waals surface area (Å²) in [5, 5.41) is 4.92. The van der Waals surface area contributed by atoms with Crippen LogP contribution in [0.4, 0.5) is 5.69 Å². The minimum Gasteiger partial charge on any atom is -0.439 e. The van der Waals surface area contributed by atoms with E-state index < -0.39 is 0 Å². The molecule has 0 bridgehead atoms. The van der Waals surface area contributed by atoms with E-state index in [9.17, 15) is 0 Å². The molecule has 0 spiro atoms. The molecule has 3 aromatic rings. The van der Waals surface area contributed by atoms with Crippen molar-refractivity contribution in [2.45, 2.75) is 232 Å². The molecular weight excluding hydrogens is 840 g/mol. The van der Waals surface area contributed by atoms with E-state index >= 15 is 0 Å². The number of para-hydroxylation sites is 1. The Morgan fingerprint density at radius 2 is 1.07 bits per heavy atom. The monoisotopic (exact) mass is 924 g/mol. The standard InChI is InChI=1S/C53H83IN2OS/c1-3-5-7-9-11-13-15-17-18-19-20-21-22-23-24-25-27-29-31-33-37-46-38-35-39-49-53(46)55-51(57-49)40-36-41-52-56(48-43-42-47(54)45-50(48)58-52)44-34-32-30-28-26-16-14-12-10-8-6-4-2/h35-36,38-43,45H,3-34,37,44H2,1-2H3/p+1. The SMILES string of the molecule is CCCCCCCCCCCCCCCCCCCCCCc1cccc2c1NC(=CC=Cc1sc3cc(I)ccc3[n+]1CCCCCCCCCCCCCC)O2. The fourth-order valence-electron chi connectivity index (χ4n) is 8.69. The van der Waals surface area contributed by atoms with Gasteiger partial charge in [-0.3, -0.25) is 0 Å². The van der Waals surface area contributed by atoms with Crippen molar-refractivity contribution in [3.8, 4) is 5.75 Å². The Hall–Kier alpha value is -1.86. The molecule has 2 heterocycles. The fraction of sp³-hybridized carbons (Fsp3) is 0.679. The first kappa shape index (κ1) is 48.8. The second-order valence-electron chi connectivity index (χ2n) is 17.5. The highest BCUT2D eigenvalue weighted by Crippen LogP contribution is 2.37. The van der Waals surface area contributed by atoms with Crippen LogP contribution < -0.4 is 14.6 Å². The van der Waals surface area contributed by atoms with Crippen LogP contribution in [0.3, 0.4) is 0 Å². The van der Waals surface area contributed by atoms with Gasteiger partial charge in [-0.25, -0.2) is 0 Å². The Morgan fingerprint density at radius 1 is 0.586 bits per heavy atom. The average Bonchev–Trinajstić information content (AvgIpc) is 3.81. The van der Waals surface area contributed by atoms with E-state index in [1.54, 1.807) is 0 Å². The number of nitrogens with zero attached hydrogens (tertiary/aromatic N) is 1. The summed E-state index contributed by atoms with van der Waals surface area (Å²) in [6.45, 7) is 5.69. The van der Waals surface area contributed by atoms with Crippen LogP contribution in [0.1, 0.15) is 230 Å². The molecule has 0 radical (unpaired) electrons. The maximum Gasteiger partial charge on any atom is 0.262 e. The third-order valence-corrected chi connectivity index (χ3v) is 14.1. The van der Waals surface area contributed by atoms with E-state index in [1.165, 1.54) is 236 Å². The van der Waals surface area contributed by atoms with Gasteiger partial charge in [-0.05, 0) is 77.8 Å². The molecule has 5 heteroatoms. The molecule has 324 valence electrons. The van der Waals surface area contributed by atoms with Gasteiger partial charge in [-0.1, -0.05) is 224 Å². The van der Waals surface area contributed by atoms with Gasteiger partial charge in [0.2, 0.25) is 5.52 Å². The van der Waals surface area contributed by atoms with Gasteiger partial charge in [0.05, 0.1) is 5.69 Å². The maximum atomic E-state index is 6.28. The normalized spacial score (nSPS) is 13.3. The van der Waals surface area contributed by atoms with E-state index in [4.69, 9.17) is 4.74 Å². The summed E-state index contributed by atoms with van der Waals surface area (Å²) in [4.78, 5) is 0. The van der Waals surface area contributed by atoms with Crippen molar-refractivity contribution in [3.63, 3.8) is 0 Å². The van der Waals surface area contributed by atoms with Gasteiger partial charge < -0.3 is 10.1 Å². The molecule has 3 nitrogen and oxygen atoms in total. The largest absolute Gasteiger partial charge is 0.439 e. The van der Waals surface area contributed by atoms with Crippen molar-refractivity contribution in [2.75, 3.05) is 5.32 Å². The van der Waals surface area contributed by atoms with Crippen molar-refractivity contribution in [2.24, 2.45) is 0 Å². The highest BCUT2D eigenvalue weighted by molar-refractivity contribution is 14.1. The molecule has 0 fully saturated rings. The molecule has 0 amide bonds. The Kier molecular flexibility index (Phi) is 26.9. The maximum absolute atomic E-state index is 6.28. The predicted octanol–water partition coefficient (Wildman–Crippen LogP) is 18.2. The number of hydrogen-bond acceptors (Lipinski definition) is 3. The predicted molar refractivity (Wildman–Crippen MR) is 265 cm³/mol. The first-order valence-corrected chi connectivity index (χ1v) is 26.7. The number of thiazole rings is 1. The second-order valence-corrected chi connectivity index (χ2v) is 19.8. The van der Waals surface area contributed by atoms with Crippen LogP contribution in [0.15, 0.2) is 54.4 Å². The second kappa shape index (κ2) is 31.9. The molecule has 0 aliphatic carbocycles. The number of hydrogen-bond donors (Lipinski definition) is 1. The van der Waals surface area contributed by atoms with Crippen LogP contribution in [0.5, 0.6) is 5.75 Å². The van der Waals surface area contributed by atoms with Crippen molar-refractivity contribution < 1.29 is 9.30 Å². The molecule has 58 heavy (non-hydrogen) atoms. The Balaban J connectivity index is 1.08. The van der Waals surface area contributed by atoms with Gasteiger partial charge in [0.25, 0.3) is 5.01 Å². The van der Waals surface area contributed by atoms with Crippen LogP contribution >= 0.6 is 33.9 Å². The number of rotatable bonds is 36. The van der Waals surface area contributed by atoms with Gasteiger partial charge in [0.1, 0.15) is 4.70 Å². The van der Waals surface area contributed by atoms with Gasteiger partial charge in [0.15, 0.2) is 18.2 Å². The van der Waals surface area contributed by atoms with E-state index in [0.29, 0.717) is 0 Å². The lowest BCUT2D eigenvalue weighted by atomic mass is 10.0. The van der Waals surface area contributed by atoms with Gasteiger partial charge in [-0.15, -0.1) is 0 Å². The van der Waals surface area contributed by atoms with Crippen molar-refractivity contribution in [3.05, 3.63) is 68.6 Å². The van der Waals surface area contributed by atoms with E-state index in [2.05, 4.69) is 101 Å². The zero-order chi connectivity index (χ0) is 40.7. The van der Waals surface area contributed by atoms with Crippen LogP contribution in [-0.4, -0.2) is 0 Å². The summed E-state index contributed by atoms with van der Waals surface area (Å²) in [7, 11) is 0. The van der Waals surface area contributed by atoms with Crippen LogP contribution in [0, 0.1) is 3.57 Å². The number of aryl methyl sites for hydroxylation is 2. The van der Waals surface area contributed by atoms with E-state index in [0.717, 1.165) is 24.6 Å². The summed E-state index contributed by atoms with van der Waals surface area (Å²) in [6, 6.07) is 13.4. The molecule has 1 N–H and O–H groups in total. The van der Waals surface area contributed by atoms with Crippen LogP contribution in [-0.2, 0) is 13.0 Å². The number of unbranched alkanes of at least 4 members (excludes halogenated alkanes) is 30. The lowest BCUT2D eigenvalue weighted by Gasteiger charge is -2.07. The minimum atomic E-state index is 0.824.